The first kappa shape index (κ1) is 15.5. The van der Waals surface area contributed by atoms with Crippen LogP contribution in [0.5, 0.6) is 0 Å². The van der Waals surface area contributed by atoms with Crippen molar-refractivity contribution in [3.63, 3.8) is 0 Å². The number of rotatable bonds is 6. The van der Waals surface area contributed by atoms with E-state index in [0.717, 1.165) is 12.1 Å². The molecule has 7 heteroatoms. The van der Waals surface area contributed by atoms with Crippen LogP contribution in [0.1, 0.15) is 19.4 Å². The van der Waals surface area contributed by atoms with Crippen LogP contribution in [0.4, 0.5) is 5.69 Å². The number of anilines is 1. The molecule has 21 heavy (non-hydrogen) atoms. The number of hydrogen-bond acceptors (Lipinski definition) is 4. The molecule has 2 rings (SSSR count). The molecule has 0 saturated carbocycles. The second-order valence-corrected chi connectivity index (χ2v) is 6.87. The van der Waals surface area contributed by atoms with Crippen molar-refractivity contribution in [2.75, 3.05) is 4.72 Å². The molecule has 0 atom stereocenters. The fourth-order valence-corrected chi connectivity index (χ4v) is 2.81. The summed E-state index contributed by atoms with van der Waals surface area (Å²) in [6, 6.07) is 7.72. The zero-order valence-corrected chi connectivity index (χ0v) is 13.2. The van der Waals surface area contributed by atoms with Gasteiger partial charge in [0, 0.05) is 31.5 Å². The monoisotopic (exact) mass is 308 g/mol. The molecule has 0 aliphatic carbocycles. The van der Waals surface area contributed by atoms with Crippen molar-refractivity contribution in [2.45, 2.75) is 31.3 Å². The molecule has 0 spiro atoms. The van der Waals surface area contributed by atoms with Gasteiger partial charge in [-0.2, -0.15) is 5.10 Å². The van der Waals surface area contributed by atoms with Gasteiger partial charge in [-0.3, -0.25) is 9.40 Å². The van der Waals surface area contributed by atoms with Crippen LogP contribution in [0.25, 0.3) is 0 Å². The van der Waals surface area contributed by atoms with Crippen LogP contribution < -0.4 is 10.0 Å². The highest BCUT2D eigenvalue weighted by molar-refractivity contribution is 7.92. The maximum Gasteiger partial charge on any atom is 0.265 e. The lowest BCUT2D eigenvalue weighted by Crippen LogP contribution is -2.21. The Kier molecular flexibility index (Phi) is 4.64. The Morgan fingerprint density at radius 3 is 2.43 bits per heavy atom. The molecule has 1 aromatic carbocycles. The third-order valence-electron chi connectivity index (χ3n) is 2.91. The third kappa shape index (κ3) is 4.30. The molecule has 0 fully saturated rings. The smallest absolute Gasteiger partial charge is 0.265 e. The molecule has 0 radical (unpaired) electrons. The van der Waals surface area contributed by atoms with Crippen LogP contribution in [0, 0.1) is 0 Å². The van der Waals surface area contributed by atoms with Gasteiger partial charge in [-0.05, 0) is 17.7 Å². The van der Waals surface area contributed by atoms with Crippen molar-refractivity contribution < 1.29 is 8.42 Å². The van der Waals surface area contributed by atoms with E-state index in [4.69, 9.17) is 0 Å². The number of hydrogen-bond donors (Lipinski definition) is 2. The molecule has 0 aliphatic rings. The molecule has 0 amide bonds. The molecule has 1 aromatic heterocycles. The maximum atomic E-state index is 12.1. The SMILES string of the molecule is CC(C)NCc1ccc(NS(=O)(=O)c2cnn(C)c2)cc1. The van der Waals surface area contributed by atoms with Gasteiger partial charge in [0.05, 0.1) is 6.20 Å². The van der Waals surface area contributed by atoms with E-state index >= 15 is 0 Å². The molecule has 1 heterocycles. The molecule has 0 aliphatic heterocycles. The van der Waals surface area contributed by atoms with E-state index in [2.05, 4.69) is 29.0 Å². The summed E-state index contributed by atoms with van der Waals surface area (Å²) in [6.45, 7) is 4.92. The van der Waals surface area contributed by atoms with Crippen molar-refractivity contribution in [1.29, 1.82) is 0 Å². The van der Waals surface area contributed by atoms with Crippen LogP contribution in [0.2, 0.25) is 0 Å². The minimum Gasteiger partial charge on any atom is -0.310 e. The topological polar surface area (TPSA) is 76.0 Å². The van der Waals surface area contributed by atoms with Gasteiger partial charge in [0.2, 0.25) is 0 Å². The normalized spacial score (nSPS) is 11.8. The summed E-state index contributed by atoms with van der Waals surface area (Å²) in [7, 11) is -1.90. The molecule has 2 N–H and O–H groups in total. The predicted molar refractivity (Wildman–Crippen MR) is 82.4 cm³/mol. The van der Waals surface area contributed by atoms with Crippen LogP contribution in [0.15, 0.2) is 41.6 Å². The lowest BCUT2D eigenvalue weighted by molar-refractivity contribution is 0.589. The zero-order chi connectivity index (χ0) is 15.5. The molecular weight excluding hydrogens is 288 g/mol. The fraction of sp³-hybridized carbons (Fsp3) is 0.357. The lowest BCUT2D eigenvalue weighted by Gasteiger charge is -2.10. The van der Waals surface area contributed by atoms with Gasteiger partial charge in [0.1, 0.15) is 4.90 Å². The molecule has 114 valence electrons. The van der Waals surface area contributed by atoms with E-state index in [-0.39, 0.29) is 4.90 Å². The first-order valence-electron chi connectivity index (χ1n) is 6.70. The van der Waals surface area contributed by atoms with Gasteiger partial charge < -0.3 is 5.32 Å². The number of nitrogens with one attached hydrogen (secondary N) is 2. The minimum atomic E-state index is -3.58. The van der Waals surface area contributed by atoms with Gasteiger partial charge in [0.15, 0.2) is 0 Å². The van der Waals surface area contributed by atoms with Crippen LogP contribution in [-0.2, 0) is 23.6 Å². The minimum absolute atomic E-state index is 0.149. The largest absolute Gasteiger partial charge is 0.310 e. The summed E-state index contributed by atoms with van der Waals surface area (Å²) in [6.07, 6.45) is 2.78. The van der Waals surface area contributed by atoms with Gasteiger partial charge in [-0.25, -0.2) is 8.42 Å². The van der Waals surface area contributed by atoms with E-state index in [0.29, 0.717) is 11.7 Å². The van der Waals surface area contributed by atoms with Crippen LogP contribution in [-0.4, -0.2) is 24.2 Å². The van der Waals surface area contributed by atoms with Gasteiger partial charge in [0.25, 0.3) is 10.0 Å². The van der Waals surface area contributed by atoms with Crippen molar-refractivity contribution >= 4 is 15.7 Å². The highest BCUT2D eigenvalue weighted by atomic mass is 32.2. The van der Waals surface area contributed by atoms with E-state index in [1.165, 1.54) is 17.1 Å². The number of aromatic nitrogens is 2. The summed E-state index contributed by atoms with van der Waals surface area (Å²) in [5, 5.41) is 7.18. The molecule has 6 nitrogen and oxygen atoms in total. The standard InChI is InChI=1S/C14H20N4O2S/c1-11(2)15-8-12-4-6-13(7-5-12)17-21(19,20)14-9-16-18(3)10-14/h4-7,9-11,15,17H,8H2,1-3H3. The Labute approximate surface area is 125 Å². The van der Waals surface area contributed by atoms with E-state index in [1.807, 2.05) is 12.1 Å². The van der Waals surface area contributed by atoms with Crippen molar-refractivity contribution in [3.8, 4) is 0 Å². The maximum absolute atomic E-state index is 12.1. The molecule has 2 aromatic rings. The number of benzene rings is 1. The Bertz CT molecular complexity index is 690. The predicted octanol–water partition coefficient (Wildman–Crippen LogP) is 1.72. The summed E-state index contributed by atoms with van der Waals surface area (Å²) in [5.74, 6) is 0. The molecule has 0 bridgehead atoms. The van der Waals surface area contributed by atoms with Crippen molar-refractivity contribution in [2.24, 2.45) is 7.05 Å². The first-order valence-corrected chi connectivity index (χ1v) is 8.19. The lowest BCUT2D eigenvalue weighted by atomic mass is 10.2. The van der Waals surface area contributed by atoms with Gasteiger partial charge in [-0.1, -0.05) is 26.0 Å². The Hall–Kier alpha value is -1.86. The summed E-state index contributed by atoms with van der Waals surface area (Å²) in [4.78, 5) is 0.149. The Morgan fingerprint density at radius 1 is 1.24 bits per heavy atom. The van der Waals surface area contributed by atoms with E-state index in [9.17, 15) is 8.42 Å². The number of nitrogens with zero attached hydrogens (tertiary/aromatic N) is 2. The highest BCUT2D eigenvalue weighted by Gasteiger charge is 2.15. The zero-order valence-electron chi connectivity index (χ0n) is 12.4. The highest BCUT2D eigenvalue weighted by Crippen LogP contribution is 2.16. The van der Waals surface area contributed by atoms with Crippen molar-refractivity contribution in [3.05, 3.63) is 42.2 Å². The Balaban J connectivity index is 2.06. The van der Waals surface area contributed by atoms with Gasteiger partial charge in [-0.15, -0.1) is 0 Å². The molecule has 0 unspecified atom stereocenters. The first-order chi connectivity index (χ1) is 9.87. The number of sulfonamides is 1. The average Bonchev–Trinajstić information content (AvgIpc) is 2.85. The van der Waals surface area contributed by atoms with E-state index in [1.54, 1.807) is 19.2 Å². The second kappa shape index (κ2) is 6.28. The molecule has 0 saturated heterocycles. The van der Waals surface area contributed by atoms with Gasteiger partial charge >= 0.3 is 0 Å². The quantitative estimate of drug-likeness (QED) is 0.852. The summed E-state index contributed by atoms with van der Waals surface area (Å²) < 4.78 is 28.3. The van der Waals surface area contributed by atoms with Crippen LogP contribution in [0.3, 0.4) is 0 Å². The van der Waals surface area contributed by atoms with E-state index < -0.39 is 10.0 Å². The molecular formula is C14H20N4O2S. The Morgan fingerprint density at radius 2 is 1.90 bits per heavy atom. The third-order valence-corrected chi connectivity index (χ3v) is 4.25. The summed E-state index contributed by atoms with van der Waals surface area (Å²) in [5.41, 5.74) is 1.64. The summed E-state index contributed by atoms with van der Waals surface area (Å²) >= 11 is 0. The second-order valence-electron chi connectivity index (χ2n) is 5.19. The van der Waals surface area contributed by atoms with Crippen molar-refractivity contribution in [1.82, 2.24) is 15.1 Å². The van der Waals surface area contributed by atoms with Crippen LogP contribution >= 0.6 is 0 Å². The average molecular weight is 308 g/mol. The fourth-order valence-electron chi connectivity index (χ4n) is 1.76. The number of aryl methyl sites for hydroxylation is 1.